The third-order valence-electron chi connectivity index (χ3n) is 7.38. The van der Waals surface area contributed by atoms with Crippen molar-refractivity contribution in [2.75, 3.05) is 35.0 Å². The third-order valence-corrected chi connectivity index (χ3v) is 9.00. The summed E-state index contributed by atoms with van der Waals surface area (Å²) < 4.78 is 38.3. The number of hydrogen-bond acceptors (Lipinski definition) is 7. The number of ether oxygens (including phenoxy) is 1. The van der Waals surface area contributed by atoms with Crippen LogP contribution in [0.2, 0.25) is 0 Å². The maximum absolute atomic E-state index is 13.3. The van der Waals surface area contributed by atoms with E-state index in [0.29, 0.717) is 38.2 Å². The summed E-state index contributed by atoms with van der Waals surface area (Å²) in [7, 11) is -4.32. The molecule has 0 aliphatic carbocycles. The second-order valence-corrected chi connectivity index (χ2v) is 13.2. The van der Waals surface area contributed by atoms with E-state index >= 15 is 0 Å². The summed E-state index contributed by atoms with van der Waals surface area (Å²) in [5.41, 5.74) is 6.46. The van der Waals surface area contributed by atoms with Crippen molar-refractivity contribution in [2.45, 2.75) is 38.1 Å². The number of nitrogens with one attached hydrogen (secondary N) is 2. The molecule has 11 nitrogen and oxygen atoms in total. The number of urea groups is 1. The highest BCUT2D eigenvalue weighted by Gasteiger charge is 2.25. The molecule has 0 unspecified atom stereocenters. The van der Waals surface area contributed by atoms with E-state index in [4.69, 9.17) is 9.29 Å². The Morgan fingerprint density at radius 3 is 2.71 bits per heavy atom. The first-order valence-corrected chi connectivity index (χ1v) is 17.0. The fourth-order valence-corrected chi connectivity index (χ4v) is 6.47. The normalized spacial score (nSPS) is 12.8. The maximum Gasteiger partial charge on any atom is 0.320 e. The van der Waals surface area contributed by atoms with Crippen LogP contribution in [-0.2, 0) is 21.5 Å². The largest absolute Gasteiger partial charge is 0.493 e. The van der Waals surface area contributed by atoms with Gasteiger partial charge in [0.25, 0.3) is 10.1 Å². The molecule has 2 heterocycles. The predicted molar refractivity (Wildman–Crippen MR) is 175 cm³/mol. The number of rotatable bonds is 11. The average Bonchev–Trinajstić information content (AvgIpc) is 3.47. The molecule has 0 fully saturated rings. The van der Waals surface area contributed by atoms with Gasteiger partial charge >= 0.3 is 6.03 Å². The highest BCUT2D eigenvalue weighted by atomic mass is 32.2. The average molecular weight is 650 g/mol. The molecule has 1 aromatic heterocycles. The lowest BCUT2D eigenvalue weighted by atomic mass is 10.1. The molecule has 3 aromatic carbocycles. The lowest BCUT2D eigenvalue weighted by Crippen LogP contribution is -2.35. The van der Waals surface area contributed by atoms with E-state index < -0.39 is 22.0 Å². The number of fused-ring (bicyclic) bond motifs is 1. The molecule has 0 saturated carbocycles. The number of benzene rings is 3. The van der Waals surface area contributed by atoms with Crippen LogP contribution in [0.1, 0.15) is 29.5 Å². The molecule has 1 aliphatic rings. The van der Waals surface area contributed by atoms with Crippen molar-refractivity contribution in [3.05, 3.63) is 89.7 Å². The minimum absolute atomic E-state index is 0.0779. The van der Waals surface area contributed by atoms with Gasteiger partial charge in [-0.3, -0.25) is 14.0 Å². The Morgan fingerprint density at radius 2 is 1.89 bits per heavy atom. The molecule has 13 heteroatoms. The lowest BCUT2D eigenvalue weighted by molar-refractivity contribution is -0.118. The second kappa shape index (κ2) is 14.2. The molecule has 0 radical (unpaired) electrons. The van der Waals surface area contributed by atoms with Crippen molar-refractivity contribution in [1.82, 2.24) is 15.1 Å². The molecular formula is C32H35N5O6S2. The van der Waals surface area contributed by atoms with Gasteiger partial charge in [-0.2, -0.15) is 13.5 Å². The summed E-state index contributed by atoms with van der Waals surface area (Å²) in [5, 5.41) is 9.17. The van der Waals surface area contributed by atoms with Crippen LogP contribution in [0.4, 0.5) is 16.2 Å². The number of hydrogen-bond donors (Lipinski definition) is 3. The minimum atomic E-state index is -4.32. The Hall–Kier alpha value is -4.33. The van der Waals surface area contributed by atoms with Gasteiger partial charge in [-0.1, -0.05) is 36.4 Å². The van der Waals surface area contributed by atoms with Crippen LogP contribution in [0.5, 0.6) is 5.75 Å². The molecule has 0 spiro atoms. The van der Waals surface area contributed by atoms with Gasteiger partial charge in [0.05, 0.1) is 25.0 Å². The highest BCUT2D eigenvalue weighted by molar-refractivity contribution is 7.99. The SMILES string of the molecule is Cc1cccc(OCCCC(=O)N2CCSc3c(-c4cnn(Cc5cccc(NC(=O)NCS(=O)(=O)O)c5)c4)cccc32)c1C. The van der Waals surface area contributed by atoms with Crippen LogP contribution >= 0.6 is 11.8 Å². The fraction of sp³-hybridized carbons (Fsp3) is 0.281. The first-order valence-electron chi connectivity index (χ1n) is 14.4. The molecule has 1 aliphatic heterocycles. The van der Waals surface area contributed by atoms with Crippen molar-refractivity contribution in [1.29, 1.82) is 0 Å². The maximum atomic E-state index is 13.3. The number of carbonyl (C=O) groups excluding carboxylic acids is 2. The summed E-state index contributed by atoms with van der Waals surface area (Å²) in [6.07, 6.45) is 4.77. The summed E-state index contributed by atoms with van der Waals surface area (Å²) >= 11 is 1.73. The first kappa shape index (κ1) is 32.1. The third kappa shape index (κ3) is 8.44. The Kier molecular flexibility index (Phi) is 10.1. The molecule has 236 valence electrons. The molecular weight excluding hydrogens is 615 g/mol. The molecule has 45 heavy (non-hydrogen) atoms. The molecule has 0 saturated heterocycles. The smallest absolute Gasteiger partial charge is 0.320 e. The summed E-state index contributed by atoms with van der Waals surface area (Å²) in [5.74, 6) is 0.845. The number of thioether (sulfide) groups is 1. The first-order chi connectivity index (χ1) is 21.6. The number of aryl methyl sites for hydroxylation is 1. The lowest BCUT2D eigenvalue weighted by Gasteiger charge is -2.30. The van der Waals surface area contributed by atoms with Crippen LogP contribution in [-0.4, -0.2) is 59.5 Å². The van der Waals surface area contributed by atoms with Gasteiger partial charge in [0, 0.05) is 46.6 Å². The number of aromatic nitrogens is 2. The van der Waals surface area contributed by atoms with E-state index in [2.05, 4.69) is 28.7 Å². The van der Waals surface area contributed by atoms with Crippen LogP contribution in [0.15, 0.2) is 78.0 Å². The number of carbonyl (C=O) groups is 2. The summed E-state index contributed by atoms with van der Waals surface area (Å²) in [6.45, 7) is 5.65. The van der Waals surface area contributed by atoms with Crippen LogP contribution in [0, 0.1) is 13.8 Å². The Morgan fingerprint density at radius 1 is 1.09 bits per heavy atom. The van der Waals surface area contributed by atoms with Gasteiger partial charge in [0.2, 0.25) is 5.91 Å². The van der Waals surface area contributed by atoms with Crippen LogP contribution < -0.4 is 20.3 Å². The molecule has 5 rings (SSSR count). The fourth-order valence-electron chi connectivity index (χ4n) is 5.01. The van der Waals surface area contributed by atoms with Gasteiger partial charge in [-0.05, 0) is 61.2 Å². The van der Waals surface area contributed by atoms with Gasteiger partial charge < -0.3 is 20.3 Å². The Bertz CT molecular complexity index is 1810. The van der Waals surface area contributed by atoms with Crippen molar-refractivity contribution < 1.29 is 27.3 Å². The summed E-state index contributed by atoms with van der Waals surface area (Å²) in [4.78, 5) is 28.2. The zero-order chi connectivity index (χ0) is 32.0. The van der Waals surface area contributed by atoms with E-state index in [0.717, 1.165) is 44.3 Å². The van der Waals surface area contributed by atoms with E-state index in [-0.39, 0.29) is 5.91 Å². The van der Waals surface area contributed by atoms with Crippen molar-refractivity contribution in [3.8, 4) is 16.9 Å². The number of anilines is 2. The Labute approximate surface area is 266 Å². The van der Waals surface area contributed by atoms with Gasteiger partial charge in [0.15, 0.2) is 0 Å². The number of nitrogens with zero attached hydrogens (tertiary/aromatic N) is 3. The topological polar surface area (TPSA) is 143 Å². The minimum Gasteiger partial charge on any atom is -0.493 e. The molecule has 4 aromatic rings. The molecule has 3 N–H and O–H groups in total. The predicted octanol–water partition coefficient (Wildman–Crippen LogP) is 5.48. The Balaban J connectivity index is 1.21. The van der Waals surface area contributed by atoms with E-state index in [9.17, 15) is 18.0 Å². The summed E-state index contributed by atoms with van der Waals surface area (Å²) in [6, 6.07) is 18.3. The molecule has 0 atom stereocenters. The van der Waals surface area contributed by atoms with Crippen molar-refractivity contribution in [2.24, 2.45) is 0 Å². The van der Waals surface area contributed by atoms with E-state index in [1.807, 2.05) is 54.4 Å². The van der Waals surface area contributed by atoms with Gasteiger partial charge in [-0.25, -0.2) is 4.79 Å². The van der Waals surface area contributed by atoms with Crippen LogP contribution in [0.3, 0.4) is 0 Å². The van der Waals surface area contributed by atoms with E-state index in [1.54, 1.807) is 40.8 Å². The standard InChI is InChI=1S/C32H35N5O6S2/c1-22-7-3-12-29(23(22)2)43-15-6-13-30(38)37-14-16-44-31-27(10-5-11-28(31)37)25-18-34-36(20-25)19-24-8-4-9-26(17-24)35-32(39)33-21-45(40,41)42/h3-5,7-12,17-18,20H,6,13-16,19,21H2,1-2H3,(H2,33,35,39)(H,40,41,42). The molecule has 0 bridgehead atoms. The van der Waals surface area contributed by atoms with Gasteiger partial charge in [0.1, 0.15) is 11.6 Å². The number of amides is 3. The highest BCUT2D eigenvalue weighted by Crippen LogP contribution is 2.42. The monoisotopic (exact) mass is 649 g/mol. The van der Waals surface area contributed by atoms with Crippen molar-refractivity contribution >= 4 is 45.2 Å². The van der Waals surface area contributed by atoms with E-state index in [1.165, 1.54) is 5.56 Å². The molecule has 3 amide bonds. The van der Waals surface area contributed by atoms with Crippen molar-refractivity contribution in [3.63, 3.8) is 0 Å². The van der Waals surface area contributed by atoms with Gasteiger partial charge in [-0.15, -0.1) is 11.8 Å². The zero-order valence-electron chi connectivity index (χ0n) is 25.0. The second-order valence-electron chi connectivity index (χ2n) is 10.7. The quantitative estimate of drug-likeness (QED) is 0.143. The van der Waals surface area contributed by atoms with Crippen LogP contribution in [0.25, 0.3) is 11.1 Å². The zero-order valence-corrected chi connectivity index (χ0v) is 26.7.